The number of ether oxygens (including phenoxy) is 1. The largest absolute Gasteiger partial charge is 0.457 e. The van der Waals surface area contributed by atoms with E-state index in [1.165, 1.54) is 11.2 Å². The minimum Gasteiger partial charge on any atom is -0.457 e. The fraction of sp³-hybridized carbons (Fsp3) is 0.231. The number of halogens is 3. The molecule has 5 rings (SSSR count). The molecule has 1 aliphatic rings. The third kappa shape index (κ3) is 5.40. The van der Waals surface area contributed by atoms with Crippen LogP contribution in [0.4, 0.5) is 19.0 Å². The fourth-order valence-electron chi connectivity index (χ4n) is 4.44. The molecule has 1 atom stereocenters. The minimum atomic E-state index is -4.55. The number of carbonyl (C=O) groups excluding carboxylic acids is 1. The van der Waals surface area contributed by atoms with E-state index in [-0.39, 0.29) is 24.5 Å². The Labute approximate surface area is 210 Å². The maximum absolute atomic E-state index is 12.6. The van der Waals surface area contributed by atoms with E-state index < -0.39 is 12.1 Å². The van der Waals surface area contributed by atoms with E-state index in [4.69, 9.17) is 15.6 Å². The zero-order chi connectivity index (χ0) is 26.0. The van der Waals surface area contributed by atoms with E-state index >= 15 is 0 Å². The van der Waals surface area contributed by atoms with Crippen molar-refractivity contribution in [1.29, 1.82) is 0 Å². The average Bonchev–Trinajstić information content (AvgIpc) is 3.49. The normalized spacial score (nSPS) is 16.1. The summed E-state index contributed by atoms with van der Waals surface area (Å²) in [5.74, 6) is 0.932. The van der Waals surface area contributed by atoms with Crippen LogP contribution < -0.4 is 10.5 Å². The van der Waals surface area contributed by atoms with Gasteiger partial charge in [0.2, 0.25) is 5.91 Å². The number of nitrogens with two attached hydrogens (primary N) is 1. The first kappa shape index (κ1) is 24.3. The number of nitrogen functional groups attached to an aromatic ring is 1. The number of allylic oxidation sites excluding steroid dienone is 1. The van der Waals surface area contributed by atoms with E-state index in [9.17, 15) is 18.0 Å². The number of hydrogen-bond acceptors (Lipinski definition) is 6. The van der Waals surface area contributed by atoms with Crippen LogP contribution in [-0.2, 0) is 11.3 Å². The van der Waals surface area contributed by atoms with Crippen molar-refractivity contribution in [1.82, 2.24) is 24.6 Å². The van der Waals surface area contributed by atoms with E-state index in [1.54, 1.807) is 4.68 Å². The minimum absolute atomic E-state index is 0.0365. The number of anilines is 1. The topological polar surface area (TPSA) is 99.2 Å². The van der Waals surface area contributed by atoms with Gasteiger partial charge in [0.1, 0.15) is 29.3 Å². The summed E-state index contributed by atoms with van der Waals surface area (Å²) in [6, 6.07) is 16.4. The number of carbonyl (C=O) groups is 1. The Balaban J connectivity index is 1.42. The quantitative estimate of drug-likeness (QED) is 0.369. The van der Waals surface area contributed by atoms with Crippen molar-refractivity contribution in [2.45, 2.75) is 31.6 Å². The third-order valence-electron chi connectivity index (χ3n) is 6.12. The molecule has 1 saturated heterocycles. The standard InChI is InChI=1S/C26H23F3N6O2/c27-26(28,29)13-12-21(36)34-14-4-5-18(34)15-35-25-22(24(30)31-16-32-25)23(33-35)17-8-10-20(11-9-17)37-19-6-2-1-3-7-19/h1-3,6-13,16,18H,4-5,14-15H2,(H2,30,31,32)/b13-12+/t18-/m0/s1. The number of para-hydroxylation sites is 1. The van der Waals surface area contributed by atoms with Gasteiger partial charge in [-0.3, -0.25) is 4.79 Å². The average molecular weight is 509 g/mol. The number of rotatable bonds is 6. The zero-order valence-corrected chi connectivity index (χ0v) is 19.6. The van der Waals surface area contributed by atoms with Gasteiger partial charge in [0.25, 0.3) is 0 Å². The van der Waals surface area contributed by atoms with Gasteiger partial charge in [-0.1, -0.05) is 18.2 Å². The second kappa shape index (κ2) is 9.92. The Morgan fingerprint density at radius 1 is 1.08 bits per heavy atom. The van der Waals surface area contributed by atoms with Gasteiger partial charge in [-0.05, 0) is 49.2 Å². The summed E-state index contributed by atoms with van der Waals surface area (Å²) in [4.78, 5) is 22.4. The molecule has 8 nitrogen and oxygen atoms in total. The van der Waals surface area contributed by atoms with Gasteiger partial charge in [0.05, 0.1) is 18.0 Å². The Bertz CT molecular complexity index is 1430. The Morgan fingerprint density at radius 3 is 2.54 bits per heavy atom. The van der Waals surface area contributed by atoms with Crippen LogP contribution in [0.15, 0.2) is 73.1 Å². The molecule has 2 aromatic carbocycles. The van der Waals surface area contributed by atoms with Gasteiger partial charge >= 0.3 is 6.18 Å². The van der Waals surface area contributed by atoms with E-state index in [2.05, 4.69) is 9.97 Å². The number of likely N-dealkylation sites (tertiary alicyclic amines) is 1. The first-order chi connectivity index (χ1) is 17.8. The van der Waals surface area contributed by atoms with Gasteiger partial charge in [0.15, 0.2) is 5.65 Å². The molecule has 11 heteroatoms. The highest BCUT2D eigenvalue weighted by molar-refractivity contribution is 5.98. The second-order valence-electron chi connectivity index (χ2n) is 8.63. The van der Waals surface area contributed by atoms with Crippen LogP contribution in [0.3, 0.4) is 0 Å². The zero-order valence-electron chi connectivity index (χ0n) is 19.6. The van der Waals surface area contributed by atoms with E-state index in [0.717, 1.165) is 5.56 Å². The summed E-state index contributed by atoms with van der Waals surface area (Å²) in [6.45, 7) is 0.630. The summed E-state index contributed by atoms with van der Waals surface area (Å²) >= 11 is 0. The molecule has 0 saturated carbocycles. The number of alkyl halides is 3. The number of fused-ring (bicyclic) bond motifs is 1. The lowest BCUT2D eigenvalue weighted by atomic mass is 10.1. The van der Waals surface area contributed by atoms with Crippen molar-refractivity contribution < 1.29 is 22.7 Å². The van der Waals surface area contributed by atoms with Crippen molar-refractivity contribution >= 4 is 22.8 Å². The summed E-state index contributed by atoms with van der Waals surface area (Å²) in [7, 11) is 0. The van der Waals surface area contributed by atoms with Crippen molar-refractivity contribution in [3.05, 3.63) is 73.1 Å². The van der Waals surface area contributed by atoms with Gasteiger partial charge in [-0.25, -0.2) is 14.6 Å². The first-order valence-corrected chi connectivity index (χ1v) is 11.7. The maximum Gasteiger partial charge on any atom is 0.409 e. The molecule has 0 aliphatic carbocycles. The first-order valence-electron chi connectivity index (χ1n) is 11.7. The lowest BCUT2D eigenvalue weighted by Crippen LogP contribution is -2.37. The van der Waals surface area contributed by atoms with E-state index in [1.807, 2.05) is 54.6 Å². The Hall–Kier alpha value is -4.41. The number of benzene rings is 2. The summed E-state index contributed by atoms with van der Waals surface area (Å²) in [5.41, 5.74) is 8.00. The number of nitrogens with zero attached hydrogens (tertiary/aromatic N) is 5. The molecule has 3 heterocycles. The summed E-state index contributed by atoms with van der Waals surface area (Å²) < 4.78 is 45.2. The van der Waals surface area contributed by atoms with Gasteiger partial charge in [-0.15, -0.1) is 0 Å². The lowest BCUT2D eigenvalue weighted by molar-refractivity contribution is -0.127. The second-order valence-corrected chi connectivity index (χ2v) is 8.63. The maximum atomic E-state index is 12.6. The lowest BCUT2D eigenvalue weighted by Gasteiger charge is -2.23. The summed E-state index contributed by atoms with van der Waals surface area (Å²) in [6.07, 6.45) is -1.36. The van der Waals surface area contributed by atoms with Crippen molar-refractivity contribution in [2.24, 2.45) is 0 Å². The highest BCUT2D eigenvalue weighted by Gasteiger charge is 2.31. The molecule has 2 aromatic heterocycles. The van der Waals surface area contributed by atoms with Crippen LogP contribution in [-0.4, -0.2) is 49.3 Å². The van der Waals surface area contributed by atoms with Crippen molar-refractivity contribution in [3.63, 3.8) is 0 Å². The van der Waals surface area contributed by atoms with Crippen molar-refractivity contribution in [3.8, 4) is 22.8 Å². The number of aromatic nitrogens is 4. The molecule has 0 unspecified atom stereocenters. The number of hydrogen-bond donors (Lipinski definition) is 1. The SMILES string of the molecule is Nc1ncnc2c1c(-c1ccc(Oc3ccccc3)cc1)nn2C[C@@H]1CCCN1C(=O)/C=C/C(F)(F)F. The molecule has 1 amide bonds. The Kier molecular flexibility index (Phi) is 6.51. The molecule has 1 aliphatic heterocycles. The van der Waals surface area contributed by atoms with Crippen LogP contribution in [0.5, 0.6) is 11.5 Å². The van der Waals surface area contributed by atoms with Crippen LogP contribution in [0.1, 0.15) is 12.8 Å². The molecule has 190 valence electrons. The molecular weight excluding hydrogens is 485 g/mol. The molecule has 0 spiro atoms. The Morgan fingerprint density at radius 2 is 1.81 bits per heavy atom. The highest BCUT2D eigenvalue weighted by Crippen LogP contribution is 2.33. The van der Waals surface area contributed by atoms with Gasteiger partial charge < -0.3 is 15.4 Å². The molecule has 0 radical (unpaired) electrons. The monoisotopic (exact) mass is 508 g/mol. The molecule has 2 N–H and O–H groups in total. The van der Waals surface area contributed by atoms with Gasteiger partial charge in [0, 0.05) is 24.3 Å². The third-order valence-corrected chi connectivity index (χ3v) is 6.12. The smallest absolute Gasteiger partial charge is 0.409 e. The molecule has 37 heavy (non-hydrogen) atoms. The van der Waals surface area contributed by atoms with Crippen LogP contribution in [0, 0.1) is 0 Å². The van der Waals surface area contributed by atoms with Crippen LogP contribution in [0.2, 0.25) is 0 Å². The molecular formula is C26H23F3N6O2. The van der Waals surface area contributed by atoms with Crippen LogP contribution in [0.25, 0.3) is 22.3 Å². The predicted octanol–water partition coefficient (Wildman–Crippen LogP) is 4.98. The van der Waals surface area contributed by atoms with Crippen LogP contribution >= 0.6 is 0 Å². The molecule has 0 bridgehead atoms. The number of amides is 1. The fourth-order valence-corrected chi connectivity index (χ4v) is 4.44. The molecule has 4 aromatic rings. The molecule has 1 fully saturated rings. The van der Waals surface area contributed by atoms with Gasteiger partial charge in [-0.2, -0.15) is 18.3 Å². The van der Waals surface area contributed by atoms with E-state index in [0.29, 0.717) is 53.7 Å². The van der Waals surface area contributed by atoms with Crippen molar-refractivity contribution in [2.75, 3.05) is 12.3 Å². The highest BCUT2D eigenvalue weighted by atomic mass is 19.4. The summed E-state index contributed by atoms with van der Waals surface area (Å²) in [5, 5.41) is 5.30. The predicted molar refractivity (Wildman–Crippen MR) is 132 cm³/mol.